The Morgan fingerprint density at radius 2 is 2.30 bits per heavy atom. The van der Waals surface area contributed by atoms with Gasteiger partial charge in [-0.3, -0.25) is 10.1 Å². The van der Waals surface area contributed by atoms with E-state index in [0.717, 1.165) is 13.0 Å². The molecule has 0 spiro atoms. The van der Waals surface area contributed by atoms with E-state index >= 15 is 0 Å². The first-order valence-corrected chi connectivity index (χ1v) is 6.68. The first-order valence-electron chi connectivity index (χ1n) is 6.68. The molecule has 0 bridgehead atoms. The van der Waals surface area contributed by atoms with E-state index < -0.39 is 4.92 Å². The number of nitrogens with zero attached hydrogens (tertiary/aromatic N) is 1. The third-order valence-corrected chi connectivity index (χ3v) is 3.24. The van der Waals surface area contributed by atoms with Crippen LogP contribution < -0.4 is 16.0 Å². The predicted molar refractivity (Wildman–Crippen MR) is 75.8 cm³/mol. The van der Waals surface area contributed by atoms with E-state index in [1.165, 1.54) is 31.0 Å². The number of amides is 2. The van der Waals surface area contributed by atoms with E-state index in [1.54, 1.807) is 6.07 Å². The molecule has 2 amide bonds. The van der Waals surface area contributed by atoms with Gasteiger partial charge in [0.1, 0.15) is 0 Å². The maximum Gasteiger partial charge on any atom is 0.319 e. The van der Waals surface area contributed by atoms with Crippen LogP contribution in [0.4, 0.5) is 16.2 Å². The van der Waals surface area contributed by atoms with Gasteiger partial charge in [-0.2, -0.15) is 0 Å². The van der Waals surface area contributed by atoms with Gasteiger partial charge in [0.2, 0.25) is 0 Å². The summed E-state index contributed by atoms with van der Waals surface area (Å²) in [4.78, 5) is 21.9. The quantitative estimate of drug-likeness (QED) is 0.578. The summed E-state index contributed by atoms with van der Waals surface area (Å²) in [5, 5.41) is 19.3. The zero-order valence-electron chi connectivity index (χ0n) is 11.1. The van der Waals surface area contributed by atoms with Crippen LogP contribution in [-0.2, 0) is 0 Å². The molecule has 1 saturated heterocycles. The second kappa shape index (κ2) is 6.85. The summed E-state index contributed by atoms with van der Waals surface area (Å²) in [7, 11) is 0. The fraction of sp³-hybridized carbons (Fsp3) is 0.462. The number of nitro groups is 1. The van der Waals surface area contributed by atoms with Crippen molar-refractivity contribution in [2.45, 2.75) is 25.3 Å². The van der Waals surface area contributed by atoms with Gasteiger partial charge in [-0.25, -0.2) is 4.79 Å². The van der Waals surface area contributed by atoms with Crippen molar-refractivity contribution in [1.82, 2.24) is 10.6 Å². The number of non-ortho nitro benzene ring substituents is 1. The molecule has 1 fully saturated rings. The lowest BCUT2D eigenvalue weighted by molar-refractivity contribution is -0.384. The van der Waals surface area contributed by atoms with E-state index in [2.05, 4.69) is 16.0 Å². The van der Waals surface area contributed by atoms with E-state index in [9.17, 15) is 14.9 Å². The monoisotopic (exact) mass is 278 g/mol. The van der Waals surface area contributed by atoms with Crippen LogP contribution in [0.2, 0.25) is 0 Å². The molecule has 1 aliphatic rings. The molecule has 0 saturated carbocycles. The molecular formula is C13H18N4O3. The summed E-state index contributed by atoms with van der Waals surface area (Å²) in [5.74, 6) is 0. The zero-order chi connectivity index (χ0) is 14.4. The molecule has 0 aromatic heterocycles. The predicted octanol–water partition coefficient (Wildman–Crippen LogP) is 1.86. The minimum absolute atomic E-state index is 0.0447. The maximum absolute atomic E-state index is 11.7. The van der Waals surface area contributed by atoms with Crippen molar-refractivity contribution in [3.63, 3.8) is 0 Å². The Kier molecular flexibility index (Phi) is 4.89. The van der Waals surface area contributed by atoms with Crippen molar-refractivity contribution in [2.24, 2.45) is 0 Å². The van der Waals surface area contributed by atoms with Crippen LogP contribution in [0.3, 0.4) is 0 Å². The SMILES string of the molecule is O=C(NCC1CCCCN1)Nc1cccc([N+](=O)[O-])c1. The van der Waals surface area contributed by atoms with Crippen molar-refractivity contribution in [2.75, 3.05) is 18.4 Å². The highest BCUT2D eigenvalue weighted by atomic mass is 16.6. The largest absolute Gasteiger partial charge is 0.336 e. The van der Waals surface area contributed by atoms with Gasteiger partial charge in [0.15, 0.2) is 0 Å². The van der Waals surface area contributed by atoms with E-state index in [1.807, 2.05) is 0 Å². The molecule has 1 aromatic rings. The van der Waals surface area contributed by atoms with Gasteiger partial charge in [0.05, 0.1) is 4.92 Å². The number of anilines is 1. The van der Waals surface area contributed by atoms with Crippen LogP contribution in [0, 0.1) is 10.1 Å². The minimum Gasteiger partial charge on any atom is -0.336 e. The molecule has 1 aromatic carbocycles. The van der Waals surface area contributed by atoms with Crippen molar-refractivity contribution < 1.29 is 9.72 Å². The van der Waals surface area contributed by atoms with E-state index in [0.29, 0.717) is 18.3 Å². The normalized spacial score (nSPS) is 18.3. The second-order valence-electron chi connectivity index (χ2n) is 4.79. The van der Waals surface area contributed by atoms with Gasteiger partial charge < -0.3 is 16.0 Å². The highest BCUT2D eigenvalue weighted by Crippen LogP contribution is 2.16. The van der Waals surface area contributed by atoms with Crippen molar-refractivity contribution in [3.8, 4) is 0 Å². The van der Waals surface area contributed by atoms with Crippen molar-refractivity contribution in [1.29, 1.82) is 0 Å². The minimum atomic E-state index is -0.491. The molecule has 108 valence electrons. The highest BCUT2D eigenvalue weighted by molar-refractivity contribution is 5.89. The molecule has 1 unspecified atom stereocenters. The standard InChI is InChI=1S/C13H18N4O3/c18-13(15-9-11-4-1-2-7-14-11)16-10-5-3-6-12(8-10)17(19)20/h3,5-6,8,11,14H,1-2,4,7,9H2,(H2,15,16,18). The van der Waals surface area contributed by atoms with Crippen LogP contribution in [-0.4, -0.2) is 30.1 Å². The number of nitrogens with one attached hydrogen (secondary N) is 3. The molecule has 0 aliphatic carbocycles. The van der Waals surface area contributed by atoms with Gasteiger partial charge >= 0.3 is 6.03 Å². The lowest BCUT2D eigenvalue weighted by Crippen LogP contribution is -2.44. The molecule has 0 radical (unpaired) electrons. The number of hydrogen-bond acceptors (Lipinski definition) is 4. The van der Waals surface area contributed by atoms with Gasteiger partial charge in [0, 0.05) is 30.4 Å². The number of carbonyl (C=O) groups excluding carboxylic acids is 1. The molecule has 7 nitrogen and oxygen atoms in total. The van der Waals surface area contributed by atoms with Crippen LogP contribution in [0.25, 0.3) is 0 Å². The summed E-state index contributed by atoms with van der Waals surface area (Å²) in [6, 6.07) is 5.83. The average molecular weight is 278 g/mol. The molecule has 2 rings (SSSR count). The Balaban J connectivity index is 1.81. The molecular weight excluding hydrogens is 260 g/mol. The summed E-state index contributed by atoms with van der Waals surface area (Å²) < 4.78 is 0. The Morgan fingerprint density at radius 1 is 1.45 bits per heavy atom. The Bertz CT molecular complexity index is 486. The van der Waals surface area contributed by atoms with Gasteiger partial charge in [-0.15, -0.1) is 0 Å². The summed E-state index contributed by atoms with van der Waals surface area (Å²) in [5.41, 5.74) is 0.366. The van der Waals surface area contributed by atoms with Gasteiger partial charge in [-0.05, 0) is 25.5 Å². The molecule has 3 N–H and O–H groups in total. The third kappa shape index (κ3) is 4.20. The summed E-state index contributed by atoms with van der Waals surface area (Å²) in [6.45, 7) is 1.54. The lowest BCUT2D eigenvalue weighted by atomic mass is 10.1. The van der Waals surface area contributed by atoms with Crippen LogP contribution in [0.1, 0.15) is 19.3 Å². The first-order chi connectivity index (χ1) is 9.65. The number of rotatable bonds is 4. The maximum atomic E-state index is 11.7. The molecule has 1 atom stereocenters. The average Bonchev–Trinajstić information content (AvgIpc) is 2.46. The number of benzene rings is 1. The first kappa shape index (κ1) is 14.3. The molecule has 1 heterocycles. The van der Waals surface area contributed by atoms with Gasteiger partial charge in [-0.1, -0.05) is 12.5 Å². The number of carbonyl (C=O) groups is 1. The second-order valence-corrected chi connectivity index (χ2v) is 4.79. The van der Waals surface area contributed by atoms with Crippen LogP contribution in [0.15, 0.2) is 24.3 Å². The fourth-order valence-corrected chi connectivity index (χ4v) is 2.19. The number of piperidine rings is 1. The van der Waals surface area contributed by atoms with Gasteiger partial charge in [0.25, 0.3) is 5.69 Å². The third-order valence-electron chi connectivity index (χ3n) is 3.24. The summed E-state index contributed by atoms with van der Waals surface area (Å²) in [6.07, 6.45) is 3.40. The topological polar surface area (TPSA) is 96.3 Å². The lowest BCUT2D eigenvalue weighted by Gasteiger charge is -2.23. The number of urea groups is 1. The van der Waals surface area contributed by atoms with Crippen LogP contribution in [0.5, 0.6) is 0 Å². The molecule has 7 heteroatoms. The zero-order valence-corrected chi connectivity index (χ0v) is 11.1. The van der Waals surface area contributed by atoms with E-state index in [4.69, 9.17) is 0 Å². The van der Waals surface area contributed by atoms with Crippen molar-refractivity contribution >= 4 is 17.4 Å². The molecule has 20 heavy (non-hydrogen) atoms. The number of hydrogen-bond donors (Lipinski definition) is 3. The Labute approximate surface area is 116 Å². The smallest absolute Gasteiger partial charge is 0.319 e. The van der Waals surface area contributed by atoms with Crippen LogP contribution >= 0.6 is 0 Å². The highest BCUT2D eigenvalue weighted by Gasteiger charge is 2.13. The Morgan fingerprint density at radius 3 is 3.00 bits per heavy atom. The molecule has 1 aliphatic heterocycles. The van der Waals surface area contributed by atoms with E-state index in [-0.39, 0.29) is 11.7 Å². The summed E-state index contributed by atoms with van der Waals surface area (Å²) >= 11 is 0. The van der Waals surface area contributed by atoms with Crippen molar-refractivity contribution in [3.05, 3.63) is 34.4 Å². The Hall–Kier alpha value is -2.15. The fourth-order valence-electron chi connectivity index (χ4n) is 2.19. The number of nitro benzene ring substituents is 1.